The van der Waals surface area contributed by atoms with Crippen molar-refractivity contribution >= 4 is 50.6 Å². The van der Waals surface area contributed by atoms with Crippen molar-refractivity contribution in [1.82, 2.24) is 10.3 Å². The van der Waals surface area contributed by atoms with Crippen LogP contribution in [0.3, 0.4) is 0 Å². The fourth-order valence-electron chi connectivity index (χ4n) is 2.51. The standard InChI is InChI=1S/C19H15BrFN3O4S/c1-10(25)22-19-23-24(11(2)26)17(29-19)12-7-8-16(14(20)9-12)28-18(27)13-5-3-4-6-15(13)21/h3-9,17H,1-2H3,(H,22,23,25)/t17-/m1/s1. The lowest BCUT2D eigenvalue weighted by molar-refractivity contribution is -0.129. The van der Waals surface area contributed by atoms with Gasteiger partial charge in [-0.15, -0.1) is 5.10 Å². The number of nitrogens with one attached hydrogen (secondary N) is 1. The van der Waals surface area contributed by atoms with Crippen LogP contribution >= 0.6 is 27.7 Å². The van der Waals surface area contributed by atoms with Crippen molar-refractivity contribution in [2.75, 3.05) is 0 Å². The first-order valence-corrected chi connectivity index (χ1v) is 10.0. The fourth-order valence-corrected chi connectivity index (χ4v) is 4.12. The number of ether oxygens (including phenoxy) is 1. The summed E-state index contributed by atoms with van der Waals surface area (Å²) in [7, 11) is 0. The number of benzene rings is 2. The van der Waals surface area contributed by atoms with Crippen molar-refractivity contribution in [2.24, 2.45) is 5.10 Å². The van der Waals surface area contributed by atoms with Crippen LogP contribution in [0.25, 0.3) is 0 Å². The number of amidine groups is 1. The van der Waals surface area contributed by atoms with E-state index in [9.17, 15) is 18.8 Å². The van der Waals surface area contributed by atoms with E-state index in [1.54, 1.807) is 12.1 Å². The second-order valence-electron chi connectivity index (χ2n) is 5.98. The number of amides is 2. The van der Waals surface area contributed by atoms with E-state index in [4.69, 9.17) is 4.74 Å². The Morgan fingerprint density at radius 1 is 1.21 bits per heavy atom. The molecule has 7 nitrogen and oxygen atoms in total. The number of nitrogens with zero attached hydrogens (tertiary/aromatic N) is 2. The predicted octanol–water partition coefficient (Wildman–Crippen LogP) is 3.81. The lowest BCUT2D eigenvalue weighted by atomic mass is 10.2. The van der Waals surface area contributed by atoms with Crippen molar-refractivity contribution in [2.45, 2.75) is 19.2 Å². The highest BCUT2D eigenvalue weighted by atomic mass is 79.9. The maximum atomic E-state index is 13.8. The van der Waals surface area contributed by atoms with E-state index < -0.39 is 17.2 Å². The molecule has 10 heteroatoms. The third-order valence-electron chi connectivity index (χ3n) is 3.79. The van der Waals surface area contributed by atoms with Crippen LogP contribution in [0.4, 0.5) is 4.39 Å². The molecular formula is C19H15BrFN3O4S. The summed E-state index contributed by atoms with van der Waals surface area (Å²) >= 11 is 4.54. The van der Waals surface area contributed by atoms with Gasteiger partial charge in [0.15, 0.2) is 5.17 Å². The highest BCUT2D eigenvalue weighted by Gasteiger charge is 2.32. The molecule has 1 atom stereocenters. The number of hydrogen-bond donors (Lipinski definition) is 1. The molecular weight excluding hydrogens is 465 g/mol. The van der Waals surface area contributed by atoms with Gasteiger partial charge in [-0.2, -0.15) is 0 Å². The van der Waals surface area contributed by atoms with Crippen LogP contribution in [-0.2, 0) is 9.59 Å². The Hall–Kier alpha value is -2.72. The van der Waals surface area contributed by atoms with Gasteiger partial charge in [-0.05, 0) is 45.8 Å². The first kappa shape index (κ1) is 21.0. The van der Waals surface area contributed by atoms with Gasteiger partial charge in [0, 0.05) is 13.8 Å². The van der Waals surface area contributed by atoms with E-state index in [1.165, 1.54) is 61.0 Å². The summed E-state index contributed by atoms with van der Waals surface area (Å²) in [6.07, 6.45) is 0. The van der Waals surface area contributed by atoms with E-state index in [-0.39, 0.29) is 23.1 Å². The first-order valence-electron chi connectivity index (χ1n) is 8.35. The lowest BCUT2D eigenvalue weighted by Crippen LogP contribution is -2.25. The molecule has 1 aliphatic rings. The fraction of sp³-hybridized carbons (Fsp3) is 0.158. The number of esters is 1. The molecule has 2 amide bonds. The minimum Gasteiger partial charge on any atom is -0.422 e. The number of halogens is 2. The lowest BCUT2D eigenvalue weighted by Gasteiger charge is -2.20. The molecule has 0 saturated heterocycles. The summed E-state index contributed by atoms with van der Waals surface area (Å²) in [6, 6.07) is 10.4. The monoisotopic (exact) mass is 479 g/mol. The van der Waals surface area contributed by atoms with Crippen molar-refractivity contribution in [1.29, 1.82) is 0 Å². The molecule has 29 heavy (non-hydrogen) atoms. The molecule has 150 valence electrons. The van der Waals surface area contributed by atoms with Gasteiger partial charge in [-0.25, -0.2) is 14.2 Å². The highest BCUT2D eigenvalue weighted by Crippen LogP contribution is 2.41. The number of carbonyl (C=O) groups excluding carboxylic acids is 3. The molecule has 0 aromatic heterocycles. The highest BCUT2D eigenvalue weighted by molar-refractivity contribution is 9.10. The van der Waals surface area contributed by atoms with Crippen LogP contribution in [0.15, 0.2) is 52.0 Å². The number of hydrazone groups is 1. The van der Waals surface area contributed by atoms with Crippen LogP contribution in [0, 0.1) is 5.82 Å². The quantitative estimate of drug-likeness (QED) is 0.534. The molecule has 0 bridgehead atoms. The van der Waals surface area contributed by atoms with Gasteiger partial charge in [0.25, 0.3) is 0 Å². The summed E-state index contributed by atoms with van der Waals surface area (Å²) in [5.41, 5.74) is 0.512. The predicted molar refractivity (Wildman–Crippen MR) is 110 cm³/mol. The molecule has 2 aromatic rings. The Labute approximate surface area is 178 Å². The van der Waals surface area contributed by atoms with Gasteiger partial charge in [0.05, 0.1) is 10.0 Å². The zero-order valence-electron chi connectivity index (χ0n) is 15.3. The van der Waals surface area contributed by atoms with Gasteiger partial charge < -0.3 is 10.1 Å². The minimum absolute atomic E-state index is 0.175. The van der Waals surface area contributed by atoms with Gasteiger partial charge in [-0.1, -0.05) is 30.0 Å². The van der Waals surface area contributed by atoms with Crippen LogP contribution in [0.5, 0.6) is 5.75 Å². The van der Waals surface area contributed by atoms with Gasteiger partial charge in [0.2, 0.25) is 11.8 Å². The normalized spacial score (nSPS) is 15.7. The Morgan fingerprint density at radius 3 is 2.55 bits per heavy atom. The largest absolute Gasteiger partial charge is 0.422 e. The molecule has 0 fully saturated rings. The molecule has 3 rings (SSSR count). The van der Waals surface area contributed by atoms with Crippen LogP contribution in [0.2, 0.25) is 0 Å². The van der Waals surface area contributed by atoms with Crippen molar-refractivity contribution in [3.05, 3.63) is 63.9 Å². The van der Waals surface area contributed by atoms with Crippen molar-refractivity contribution < 1.29 is 23.5 Å². The summed E-state index contributed by atoms with van der Waals surface area (Å²) in [6.45, 7) is 2.72. The summed E-state index contributed by atoms with van der Waals surface area (Å²) < 4.78 is 19.5. The molecule has 0 saturated carbocycles. The van der Waals surface area contributed by atoms with Crippen LogP contribution in [0.1, 0.15) is 35.1 Å². The van der Waals surface area contributed by atoms with Gasteiger partial charge in [-0.3, -0.25) is 9.59 Å². The third-order valence-corrected chi connectivity index (χ3v) is 5.51. The first-order chi connectivity index (χ1) is 13.8. The van der Waals surface area contributed by atoms with E-state index in [0.29, 0.717) is 15.2 Å². The molecule has 0 spiro atoms. The number of thioether (sulfide) groups is 1. The van der Waals surface area contributed by atoms with E-state index >= 15 is 0 Å². The average Bonchev–Trinajstić information content (AvgIpc) is 3.07. The Balaban J connectivity index is 1.80. The maximum Gasteiger partial charge on any atom is 0.346 e. The Morgan fingerprint density at radius 2 is 1.93 bits per heavy atom. The minimum atomic E-state index is -0.826. The van der Waals surface area contributed by atoms with E-state index in [0.717, 1.165) is 0 Å². The number of rotatable bonds is 3. The van der Waals surface area contributed by atoms with E-state index in [1.807, 2.05) is 0 Å². The second kappa shape index (κ2) is 8.75. The van der Waals surface area contributed by atoms with E-state index in [2.05, 4.69) is 26.3 Å². The zero-order valence-corrected chi connectivity index (χ0v) is 17.7. The average molecular weight is 480 g/mol. The number of carbonyl (C=O) groups is 3. The maximum absolute atomic E-state index is 13.8. The summed E-state index contributed by atoms with van der Waals surface area (Å²) in [4.78, 5) is 35.4. The molecule has 0 radical (unpaired) electrons. The molecule has 1 N–H and O–H groups in total. The Kier molecular flexibility index (Phi) is 6.33. The number of hydrogen-bond acceptors (Lipinski definition) is 6. The molecule has 2 aromatic carbocycles. The van der Waals surface area contributed by atoms with Crippen LogP contribution in [-0.4, -0.2) is 28.0 Å². The summed E-state index contributed by atoms with van der Waals surface area (Å²) in [5.74, 6) is -1.89. The zero-order chi connectivity index (χ0) is 21.1. The van der Waals surface area contributed by atoms with Crippen LogP contribution < -0.4 is 10.1 Å². The topological polar surface area (TPSA) is 88.1 Å². The molecule has 0 unspecified atom stereocenters. The van der Waals surface area contributed by atoms with Gasteiger partial charge >= 0.3 is 5.97 Å². The molecule has 1 heterocycles. The van der Waals surface area contributed by atoms with Crippen molar-refractivity contribution in [3.63, 3.8) is 0 Å². The SMILES string of the molecule is CC(=O)NC1=NN(C(C)=O)[C@@H](c2ccc(OC(=O)c3ccccc3F)c(Br)c2)S1. The smallest absolute Gasteiger partial charge is 0.346 e. The molecule has 0 aliphatic carbocycles. The molecule has 1 aliphatic heterocycles. The third kappa shape index (κ3) is 4.83. The Bertz CT molecular complexity index is 1030. The van der Waals surface area contributed by atoms with Crippen molar-refractivity contribution in [3.8, 4) is 5.75 Å². The van der Waals surface area contributed by atoms with Gasteiger partial charge in [0.1, 0.15) is 16.9 Å². The second-order valence-corrected chi connectivity index (χ2v) is 7.90. The summed E-state index contributed by atoms with van der Waals surface area (Å²) in [5, 5.41) is 7.75.